The number of carbonyl (C=O) groups excluding carboxylic acids is 1. The van der Waals surface area contributed by atoms with Crippen molar-refractivity contribution in [3.8, 4) is 5.75 Å². The molecule has 0 unspecified atom stereocenters. The van der Waals surface area contributed by atoms with Gasteiger partial charge in [-0.1, -0.05) is 52.3 Å². The Morgan fingerprint density at radius 2 is 1.54 bits per heavy atom. The first kappa shape index (κ1) is 18.1. The van der Waals surface area contributed by atoms with Gasteiger partial charge in [-0.25, -0.2) is 4.79 Å². The Balaban J connectivity index is 1.48. The maximum absolute atomic E-state index is 12.6. The van der Waals surface area contributed by atoms with Gasteiger partial charge < -0.3 is 4.74 Å². The average molecular weight is 430 g/mol. The number of carbonyl (C=O) groups is 1. The van der Waals surface area contributed by atoms with Gasteiger partial charge in [0.2, 0.25) is 0 Å². The van der Waals surface area contributed by atoms with Crippen molar-refractivity contribution in [2.75, 3.05) is 0 Å². The summed E-state index contributed by atoms with van der Waals surface area (Å²) in [5, 5.41) is 1.89. The molecule has 0 aromatic heterocycles. The second-order valence-corrected chi connectivity index (χ2v) is 7.14. The third-order valence-electron chi connectivity index (χ3n) is 4.29. The second-order valence-electron chi connectivity index (χ2n) is 6.22. The number of nitrogens with zero attached hydrogens (tertiary/aromatic N) is 1. The molecule has 136 valence electrons. The molecule has 0 aliphatic heterocycles. The molecule has 3 nitrogen and oxygen atoms in total. The summed E-state index contributed by atoms with van der Waals surface area (Å²) in [7, 11) is 0. The van der Waals surface area contributed by atoms with Crippen LogP contribution < -0.4 is 4.74 Å². The smallest absolute Gasteiger partial charge is 0.344 e. The molecule has 4 heteroatoms. The molecular weight excluding hydrogens is 414 g/mol. The van der Waals surface area contributed by atoms with E-state index in [2.05, 4.69) is 20.9 Å². The summed E-state index contributed by atoms with van der Waals surface area (Å²) in [6.45, 7) is 0. The number of hydrogen-bond acceptors (Lipinski definition) is 3. The minimum Gasteiger partial charge on any atom is -0.423 e. The Morgan fingerprint density at radius 3 is 2.32 bits per heavy atom. The van der Waals surface area contributed by atoms with Crippen molar-refractivity contribution in [1.29, 1.82) is 0 Å². The number of rotatable bonds is 4. The molecule has 0 saturated carbocycles. The Kier molecular flexibility index (Phi) is 5.31. The molecule has 4 aromatic carbocycles. The largest absolute Gasteiger partial charge is 0.423 e. The number of esters is 1. The van der Waals surface area contributed by atoms with Crippen molar-refractivity contribution in [1.82, 2.24) is 0 Å². The summed E-state index contributed by atoms with van der Waals surface area (Å²) in [6.07, 6.45) is 1.78. The molecule has 0 N–H and O–H groups in total. The van der Waals surface area contributed by atoms with E-state index in [1.807, 2.05) is 72.8 Å². The van der Waals surface area contributed by atoms with Crippen LogP contribution in [0.15, 0.2) is 100 Å². The molecule has 4 rings (SSSR count). The summed E-state index contributed by atoms with van der Waals surface area (Å²) >= 11 is 3.41. The standard InChI is InChI=1S/C24H16BrNO2/c25-19-10-12-20(13-11-19)26-16-17-8-14-21(15-9-17)28-24(27)23-7-3-5-18-4-1-2-6-22(18)23/h1-16H. The monoisotopic (exact) mass is 429 g/mol. The van der Waals surface area contributed by atoms with Gasteiger partial charge in [0.05, 0.1) is 11.3 Å². The predicted molar refractivity (Wildman–Crippen MR) is 117 cm³/mol. The first-order chi connectivity index (χ1) is 13.7. The number of fused-ring (bicyclic) bond motifs is 1. The van der Waals surface area contributed by atoms with Crippen LogP contribution in [-0.4, -0.2) is 12.2 Å². The lowest BCUT2D eigenvalue weighted by atomic mass is 10.0. The highest BCUT2D eigenvalue weighted by atomic mass is 79.9. The minimum atomic E-state index is -0.368. The molecule has 0 saturated heterocycles. The number of halogens is 1. The SMILES string of the molecule is O=C(Oc1ccc(C=Nc2ccc(Br)cc2)cc1)c1cccc2ccccc12. The van der Waals surface area contributed by atoms with Crippen LogP contribution in [0.4, 0.5) is 5.69 Å². The summed E-state index contributed by atoms with van der Waals surface area (Å²) < 4.78 is 6.57. The van der Waals surface area contributed by atoms with E-state index in [1.54, 1.807) is 24.4 Å². The molecule has 0 fully saturated rings. The van der Waals surface area contributed by atoms with Gasteiger partial charge in [0.1, 0.15) is 5.75 Å². The molecule has 0 bridgehead atoms. The highest BCUT2D eigenvalue weighted by molar-refractivity contribution is 9.10. The van der Waals surface area contributed by atoms with Crippen LogP contribution >= 0.6 is 15.9 Å². The molecule has 0 amide bonds. The third kappa shape index (κ3) is 4.18. The Morgan fingerprint density at radius 1 is 0.821 bits per heavy atom. The lowest BCUT2D eigenvalue weighted by molar-refractivity contribution is 0.0737. The highest BCUT2D eigenvalue weighted by Crippen LogP contribution is 2.21. The molecule has 0 atom stereocenters. The van der Waals surface area contributed by atoms with Crippen molar-refractivity contribution < 1.29 is 9.53 Å². The van der Waals surface area contributed by atoms with Crippen molar-refractivity contribution >= 4 is 44.6 Å². The van der Waals surface area contributed by atoms with Crippen LogP contribution in [0.3, 0.4) is 0 Å². The topological polar surface area (TPSA) is 38.7 Å². The van der Waals surface area contributed by atoms with Crippen molar-refractivity contribution in [2.45, 2.75) is 0 Å². The predicted octanol–water partition coefficient (Wildman–Crippen LogP) is 6.57. The van der Waals surface area contributed by atoms with E-state index < -0.39 is 0 Å². The van der Waals surface area contributed by atoms with Crippen LogP contribution in [0.25, 0.3) is 10.8 Å². The molecular formula is C24H16BrNO2. The first-order valence-corrected chi connectivity index (χ1v) is 9.58. The van der Waals surface area contributed by atoms with Crippen molar-refractivity contribution in [3.05, 3.63) is 107 Å². The van der Waals surface area contributed by atoms with Gasteiger partial charge in [-0.3, -0.25) is 4.99 Å². The zero-order valence-corrected chi connectivity index (χ0v) is 16.5. The van der Waals surface area contributed by atoms with Gasteiger partial charge >= 0.3 is 5.97 Å². The first-order valence-electron chi connectivity index (χ1n) is 8.79. The number of benzene rings is 4. The molecule has 4 aromatic rings. The fraction of sp³-hybridized carbons (Fsp3) is 0. The van der Waals surface area contributed by atoms with E-state index in [4.69, 9.17) is 4.74 Å². The highest BCUT2D eigenvalue weighted by Gasteiger charge is 2.12. The van der Waals surface area contributed by atoms with Crippen LogP contribution in [0.2, 0.25) is 0 Å². The average Bonchev–Trinajstić information content (AvgIpc) is 2.74. The molecule has 28 heavy (non-hydrogen) atoms. The summed E-state index contributed by atoms with van der Waals surface area (Å²) in [4.78, 5) is 17.0. The maximum Gasteiger partial charge on any atom is 0.344 e. The molecule has 0 radical (unpaired) electrons. The zero-order chi connectivity index (χ0) is 19.3. The van der Waals surface area contributed by atoms with E-state index in [1.165, 1.54) is 0 Å². The number of hydrogen-bond donors (Lipinski definition) is 0. The molecule has 0 heterocycles. The summed E-state index contributed by atoms with van der Waals surface area (Å²) in [5.41, 5.74) is 2.35. The fourth-order valence-corrected chi connectivity index (χ4v) is 3.13. The van der Waals surface area contributed by atoms with Gasteiger partial charge in [-0.15, -0.1) is 0 Å². The van der Waals surface area contributed by atoms with Gasteiger partial charge in [-0.05, 0) is 70.9 Å². The van der Waals surface area contributed by atoms with Gasteiger partial charge in [0.25, 0.3) is 0 Å². The van der Waals surface area contributed by atoms with E-state index in [-0.39, 0.29) is 5.97 Å². The van der Waals surface area contributed by atoms with E-state index >= 15 is 0 Å². The summed E-state index contributed by atoms with van der Waals surface area (Å²) in [6, 6.07) is 28.4. The number of ether oxygens (including phenoxy) is 1. The Labute approximate surface area is 171 Å². The minimum absolute atomic E-state index is 0.368. The zero-order valence-electron chi connectivity index (χ0n) is 14.9. The lowest BCUT2D eigenvalue weighted by Crippen LogP contribution is -2.09. The quantitative estimate of drug-likeness (QED) is 0.209. The molecule has 0 aliphatic carbocycles. The summed E-state index contributed by atoms with van der Waals surface area (Å²) in [5.74, 6) is 0.131. The van der Waals surface area contributed by atoms with Crippen molar-refractivity contribution in [3.63, 3.8) is 0 Å². The molecule has 0 aliphatic rings. The van der Waals surface area contributed by atoms with Crippen LogP contribution in [0.5, 0.6) is 5.75 Å². The second kappa shape index (κ2) is 8.19. The molecule has 0 spiro atoms. The van der Waals surface area contributed by atoms with E-state index in [0.29, 0.717) is 11.3 Å². The van der Waals surface area contributed by atoms with E-state index in [0.717, 1.165) is 26.5 Å². The number of aliphatic imine (C=N–C) groups is 1. The fourth-order valence-electron chi connectivity index (χ4n) is 2.86. The van der Waals surface area contributed by atoms with Crippen LogP contribution in [0, 0.1) is 0 Å². The normalized spacial score (nSPS) is 11.0. The van der Waals surface area contributed by atoms with Crippen LogP contribution in [-0.2, 0) is 0 Å². The van der Waals surface area contributed by atoms with Gasteiger partial charge in [0.15, 0.2) is 0 Å². The lowest BCUT2D eigenvalue weighted by Gasteiger charge is -2.07. The van der Waals surface area contributed by atoms with Gasteiger partial charge in [0, 0.05) is 10.7 Å². The Bertz CT molecular complexity index is 1140. The van der Waals surface area contributed by atoms with Crippen LogP contribution in [0.1, 0.15) is 15.9 Å². The maximum atomic E-state index is 12.6. The Hall–Kier alpha value is -3.24. The van der Waals surface area contributed by atoms with Crippen molar-refractivity contribution in [2.24, 2.45) is 4.99 Å². The van der Waals surface area contributed by atoms with Gasteiger partial charge in [-0.2, -0.15) is 0 Å². The third-order valence-corrected chi connectivity index (χ3v) is 4.82. The van der Waals surface area contributed by atoms with E-state index in [9.17, 15) is 4.79 Å².